The number of amides is 1. The van der Waals surface area contributed by atoms with Gasteiger partial charge >= 0.3 is 0 Å². The molecule has 0 saturated carbocycles. The van der Waals surface area contributed by atoms with Gasteiger partial charge in [-0.25, -0.2) is 0 Å². The van der Waals surface area contributed by atoms with Gasteiger partial charge in [-0.3, -0.25) is 9.78 Å². The van der Waals surface area contributed by atoms with Crippen molar-refractivity contribution in [3.05, 3.63) is 47.7 Å². The van der Waals surface area contributed by atoms with E-state index in [1.165, 1.54) is 5.56 Å². The van der Waals surface area contributed by atoms with Crippen LogP contribution in [0, 0.1) is 12.8 Å². The van der Waals surface area contributed by atoms with E-state index >= 15 is 0 Å². The van der Waals surface area contributed by atoms with Gasteiger partial charge in [-0.1, -0.05) is 32.0 Å². The Morgan fingerprint density at radius 3 is 2.96 bits per heavy atom. The fourth-order valence-corrected chi connectivity index (χ4v) is 2.98. The highest BCUT2D eigenvalue weighted by molar-refractivity contribution is 5.78. The molecule has 1 N–H and O–H groups in total. The van der Waals surface area contributed by atoms with E-state index < -0.39 is 0 Å². The van der Waals surface area contributed by atoms with Crippen LogP contribution in [0.3, 0.4) is 0 Å². The Labute approximate surface area is 143 Å². The SMILES string of the molecule is CC[C@@H](C)C(=O)NC[C@H]1Cc2cccc(-c3ncccc3C)c2O1. The molecule has 2 heterocycles. The van der Waals surface area contributed by atoms with E-state index in [4.69, 9.17) is 4.74 Å². The first-order chi connectivity index (χ1) is 11.6. The third kappa shape index (κ3) is 3.28. The van der Waals surface area contributed by atoms with E-state index in [1.807, 2.05) is 32.0 Å². The normalized spacial score (nSPS) is 17.0. The first kappa shape index (κ1) is 16.5. The molecule has 1 aromatic carbocycles. The summed E-state index contributed by atoms with van der Waals surface area (Å²) < 4.78 is 6.16. The molecule has 126 valence electrons. The van der Waals surface area contributed by atoms with Gasteiger partial charge in [-0.15, -0.1) is 0 Å². The number of para-hydroxylation sites is 1. The van der Waals surface area contributed by atoms with Crippen molar-refractivity contribution >= 4 is 5.91 Å². The number of nitrogens with zero attached hydrogens (tertiary/aromatic N) is 1. The first-order valence-electron chi connectivity index (χ1n) is 8.58. The highest BCUT2D eigenvalue weighted by Gasteiger charge is 2.27. The maximum Gasteiger partial charge on any atom is 0.222 e. The zero-order chi connectivity index (χ0) is 17.1. The van der Waals surface area contributed by atoms with E-state index in [-0.39, 0.29) is 17.9 Å². The zero-order valence-electron chi connectivity index (χ0n) is 14.5. The van der Waals surface area contributed by atoms with Gasteiger partial charge in [0.15, 0.2) is 0 Å². The largest absolute Gasteiger partial charge is 0.487 e. The maximum absolute atomic E-state index is 12.0. The Hall–Kier alpha value is -2.36. The molecular weight excluding hydrogens is 300 g/mol. The lowest BCUT2D eigenvalue weighted by molar-refractivity contribution is -0.124. The van der Waals surface area contributed by atoms with Crippen LogP contribution < -0.4 is 10.1 Å². The van der Waals surface area contributed by atoms with Crippen LogP contribution in [0.2, 0.25) is 0 Å². The number of carbonyl (C=O) groups excluding carboxylic acids is 1. The average molecular weight is 324 g/mol. The lowest BCUT2D eigenvalue weighted by Crippen LogP contribution is -2.37. The van der Waals surface area contributed by atoms with E-state index in [2.05, 4.69) is 29.4 Å². The second-order valence-electron chi connectivity index (χ2n) is 6.46. The van der Waals surface area contributed by atoms with Crippen LogP contribution in [0.1, 0.15) is 31.4 Å². The summed E-state index contributed by atoms with van der Waals surface area (Å²) >= 11 is 0. The second kappa shape index (κ2) is 7.04. The van der Waals surface area contributed by atoms with Crippen LogP contribution in [0.25, 0.3) is 11.3 Å². The topological polar surface area (TPSA) is 51.2 Å². The minimum absolute atomic E-state index is 0.0156. The van der Waals surface area contributed by atoms with Crippen molar-refractivity contribution in [2.45, 2.75) is 39.7 Å². The molecule has 0 aliphatic carbocycles. The fourth-order valence-electron chi connectivity index (χ4n) is 2.98. The van der Waals surface area contributed by atoms with Crippen molar-refractivity contribution in [3.63, 3.8) is 0 Å². The van der Waals surface area contributed by atoms with Crippen LogP contribution in [0.4, 0.5) is 0 Å². The summed E-state index contributed by atoms with van der Waals surface area (Å²) in [5.74, 6) is 1.04. The number of fused-ring (bicyclic) bond motifs is 1. The van der Waals surface area contributed by atoms with Gasteiger partial charge in [0.1, 0.15) is 11.9 Å². The number of benzene rings is 1. The Kier molecular flexibility index (Phi) is 4.84. The highest BCUT2D eigenvalue weighted by atomic mass is 16.5. The van der Waals surface area contributed by atoms with Crippen molar-refractivity contribution in [1.29, 1.82) is 0 Å². The Morgan fingerprint density at radius 2 is 2.21 bits per heavy atom. The van der Waals surface area contributed by atoms with Gasteiger partial charge in [-0.05, 0) is 36.6 Å². The number of aryl methyl sites for hydroxylation is 1. The van der Waals surface area contributed by atoms with Gasteiger partial charge in [0, 0.05) is 24.1 Å². The average Bonchev–Trinajstić information content (AvgIpc) is 3.02. The van der Waals surface area contributed by atoms with Crippen LogP contribution in [0.15, 0.2) is 36.5 Å². The van der Waals surface area contributed by atoms with E-state index in [0.717, 1.165) is 35.4 Å². The lowest BCUT2D eigenvalue weighted by atomic mass is 10.0. The number of rotatable bonds is 5. The van der Waals surface area contributed by atoms with E-state index in [0.29, 0.717) is 6.54 Å². The quantitative estimate of drug-likeness (QED) is 0.915. The third-order valence-corrected chi connectivity index (χ3v) is 4.66. The number of hydrogen-bond acceptors (Lipinski definition) is 3. The van der Waals surface area contributed by atoms with Gasteiger partial charge in [0.25, 0.3) is 0 Å². The molecule has 24 heavy (non-hydrogen) atoms. The number of aromatic nitrogens is 1. The molecule has 4 heteroatoms. The summed E-state index contributed by atoms with van der Waals surface area (Å²) in [5, 5.41) is 3.00. The van der Waals surface area contributed by atoms with Gasteiger partial charge < -0.3 is 10.1 Å². The molecule has 0 fully saturated rings. The number of nitrogens with one attached hydrogen (secondary N) is 1. The van der Waals surface area contributed by atoms with Crippen molar-refractivity contribution < 1.29 is 9.53 Å². The molecule has 1 amide bonds. The predicted octanol–water partition coefficient (Wildman–Crippen LogP) is 3.52. The molecule has 0 saturated heterocycles. The molecule has 2 atom stereocenters. The molecule has 0 spiro atoms. The summed E-state index contributed by atoms with van der Waals surface area (Å²) in [5.41, 5.74) is 4.29. The van der Waals surface area contributed by atoms with Crippen LogP contribution in [0.5, 0.6) is 5.75 Å². The van der Waals surface area contributed by atoms with Crippen molar-refractivity contribution in [2.24, 2.45) is 5.92 Å². The summed E-state index contributed by atoms with van der Waals surface area (Å²) in [7, 11) is 0. The first-order valence-corrected chi connectivity index (χ1v) is 8.58. The zero-order valence-corrected chi connectivity index (χ0v) is 14.5. The van der Waals surface area contributed by atoms with Crippen LogP contribution in [-0.2, 0) is 11.2 Å². The number of ether oxygens (including phenoxy) is 1. The molecule has 1 aliphatic rings. The number of hydrogen-bond donors (Lipinski definition) is 1. The van der Waals surface area contributed by atoms with E-state index in [1.54, 1.807) is 6.20 Å². The van der Waals surface area contributed by atoms with Crippen molar-refractivity contribution in [1.82, 2.24) is 10.3 Å². The molecule has 0 bridgehead atoms. The minimum Gasteiger partial charge on any atom is -0.487 e. The molecule has 1 aromatic heterocycles. The van der Waals surface area contributed by atoms with Gasteiger partial charge in [0.05, 0.1) is 12.2 Å². The van der Waals surface area contributed by atoms with Crippen LogP contribution in [-0.4, -0.2) is 23.5 Å². The molecular formula is C20H24N2O2. The molecule has 1 aliphatic heterocycles. The Bertz CT molecular complexity index is 742. The maximum atomic E-state index is 12.0. The molecule has 0 unspecified atom stereocenters. The number of carbonyl (C=O) groups is 1. The minimum atomic E-state index is -0.0156. The molecule has 3 rings (SSSR count). The summed E-state index contributed by atoms with van der Waals surface area (Å²) in [6.07, 6.45) is 3.45. The molecule has 2 aromatic rings. The van der Waals surface area contributed by atoms with Crippen LogP contribution >= 0.6 is 0 Å². The standard InChI is InChI=1S/C20H24N2O2/c1-4-13(2)20(23)22-12-16-11-15-8-5-9-17(19(15)24-16)18-14(3)7-6-10-21-18/h5-10,13,16H,4,11-12H2,1-3H3,(H,22,23)/t13-,16-/m1/s1. The van der Waals surface area contributed by atoms with E-state index in [9.17, 15) is 4.79 Å². The smallest absolute Gasteiger partial charge is 0.222 e. The van der Waals surface area contributed by atoms with Crippen molar-refractivity contribution in [2.75, 3.05) is 6.54 Å². The predicted molar refractivity (Wildman–Crippen MR) is 95.0 cm³/mol. The van der Waals surface area contributed by atoms with Crippen molar-refractivity contribution in [3.8, 4) is 17.0 Å². The summed E-state index contributed by atoms with van der Waals surface area (Å²) in [6, 6.07) is 10.2. The summed E-state index contributed by atoms with van der Waals surface area (Å²) in [6.45, 7) is 6.56. The lowest BCUT2D eigenvalue weighted by Gasteiger charge is -2.15. The monoisotopic (exact) mass is 324 g/mol. The summed E-state index contributed by atoms with van der Waals surface area (Å²) in [4.78, 5) is 16.5. The third-order valence-electron chi connectivity index (χ3n) is 4.66. The number of pyridine rings is 1. The fraction of sp³-hybridized carbons (Fsp3) is 0.400. The second-order valence-corrected chi connectivity index (χ2v) is 6.46. The highest BCUT2D eigenvalue weighted by Crippen LogP contribution is 2.38. The van der Waals surface area contributed by atoms with Gasteiger partial charge in [-0.2, -0.15) is 0 Å². The van der Waals surface area contributed by atoms with Gasteiger partial charge in [0.2, 0.25) is 5.91 Å². The molecule has 4 nitrogen and oxygen atoms in total. The molecule has 0 radical (unpaired) electrons. The Balaban J connectivity index is 1.75. The Morgan fingerprint density at radius 1 is 1.38 bits per heavy atom.